The Hall–Kier alpha value is -1.64. The smallest absolute Gasteiger partial charge is 0.115 e. The lowest BCUT2D eigenvalue weighted by atomic mass is 10.0. The summed E-state index contributed by atoms with van der Waals surface area (Å²) in [7, 11) is 2.05. The Morgan fingerprint density at radius 3 is 2.93 bits per heavy atom. The Kier molecular flexibility index (Phi) is 2.31. The molecule has 0 spiro atoms. The topological polar surface area (TPSA) is 29.0 Å². The van der Waals surface area contributed by atoms with Crippen LogP contribution in [0, 0.1) is 6.92 Å². The molecule has 2 heterocycles. The summed E-state index contributed by atoms with van der Waals surface area (Å²) in [6.07, 6.45) is 11.7. The monoisotopic (exact) mass is 187 g/mol. The average molecular weight is 187 g/mol. The number of aryl methyl sites for hydroxylation is 1. The Labute approximate surface area is 83.8 Å². The maximum absolute atomic E-state index is 4.19. The molecule has 1 aromatic rings. The number of hydrogen-bond acceptors (Lipinski definition) is 3. The van der Waals surface area contributed by atoms with Gasteiger partial charge in [-0.1, -0.05) is 12.2 Å². The van der Waals surface area contributed by atoms with Crippen molar-refractivity contribution in [3.05, 3.63) is 48.2 Å². The van der Waals surface area contributed by atoms with Crippen molar-refractivity contribution in [2.75, 3.05) is 7.05 Å². The molecule has 0 fully saturated rings. The Balaban J connectivity index is 2.36. The van der Waals surface area contributed by atoms with Gasteiger partial charge in [-0.05, 0) is 19.2 Å². The molecule has 0 radical (unpaired) electrons. The third kappa shape index (κ3) is 1.53. The van der Waals surface area contributed by atoms with Crippen LogP contribution in [0.2, 0.25) is 0 Å². The Bertz CT molecular complexity index is 382. The van der Waals surface area contributed by atoms with E-state index < -0.39 is 0 Å². The minimum atomic E-state index is 0.265. The van der Waals surface area contributed by atoms with Gasteiger partial charge in [-0.25, -0.2) is 9.97 Å². The molecular weight excluding hydrogens is 174 g/mol. The van der Waals surface area contributed by atoms with Crippen LogP contribution < -0.4 is 0 Å². The molecule has 0 bridgehead atoms. The fourth-order valence-corrected chi connectivity index (χ4v) is 1.60. The Morgan fingerprint density at radius 1 is 1.36 bits per heavy atom. The number of likely N-dealkylation sites (N-methyl/N-ethyl adjacent to an activating group) is 1. The number of hydrogen-bond donors (Lipinski definition) is 0. The normalized spacial score (nSPS) is 20.1. The van der Waals surface area contributed by atoms with E-state index in [0.29, 0.717) is 0 Å². The van der Waals surface area contributed by atoms with Crippen LogP contribution in [0.15, 0.2) is 37.0 Å². The van der Waals surface area contributed by atoms with Gasteiger partial charge in [0, 0.05) is 24.5 Å². The van der Waals surface area contributed by atoms with Crippen molar-refractivity contribution in [3.8, 4) is 0 Å². The first-order valence-electron chi connectivity index (χ1n) is 4.62. The maximum atomic E-state index is 4.19. The molecule has 0 aliphatic carbocycles. The highest BCUT2D eigenvalue weighted by Crippen LogP contribution is 2.24. The third-order valence-corrected chi connectivity index (χ3v) is 2.43. The van der Waals surface area contributed by atoms with Crippen LogP contribution in [-0.2, 0) is 0 Å². The fraction of sp³-hybridized carbons (Fsp3) is 0.273. The van der Waals surface area contributed by atoms with Gasteiger partial charge in [-0.2, -0.15) is 0 Å². The highest BCUT2D eigenvalue weighted by molar-refractivity contribution is 5.27. The molecule has 0 amide bonds. The molecule has 1 aliphatic rings. The molecular formula is C11H13N3. The molecule has 1 unspecified atom stereocenters. The van der Waals surface area contributed by atoms with Crippen molar-refractivity contribution in [3.63, 3.8) is 0 Å². The van der Waals surface area contributed by atoms with Crippen molar-refractivity contribution in [1.82, 2.24) is 14.9 Å². The zero-order chi connectivity index (χ0) is 9.97. The van der Waals surface area contributed by atoms with E-state index in [1.165, 1.54) is 0 Å². The minimum Gasteiger partial charge on any atom is -0.370 e. The first-order chi connectivity index (χ1) is 6.79. The predicted octanol–water partition coefficient (Wildman–Crippen LogP) is 1.84. The summed E-state index contributed by atoms with van der Waals surface area (Å²) < 4.78 is 0. The lowest BCUT2D eigenvalue weighted by molar-refractivity contribution is 0.387. The van der Waals surface area contributed by atoms with Gasteiger partial charge in [0.15, 0.2) is 0 Å². The highest BCUT2D eigenvalue weighted by Gasteiger charge is 2.15. The van der Waals surface area contributed by atoms with Crippen molar-refractivity contribution < 1.29 is 0 Å². The molecule has 1 atom stereocenters. The van der Waals surface area contributed by atoms with Gasteiger partial charge in [-0.15, -0.1) is 0 Å². The summed E-state index contributed by atoms with van der Waals surface area (Å²) >= 11 is 0. The van der Waals surface area contributed by atoms with Crippen LogP contribution in [0.5, 0.6) is 0 Å². The largest absolute Gasteiger partial charge is 0.370 e. The molecule has 0 aromatic carbocycles. The van der Waals surface area contributed by atoms with Gasteiger partial charge < -0.3 is 4.90 Å². The van der Waals surface area contributed by atoms with Crippen LogP contribution in [0.25, 0.3) is 0 Å². The number of rotatable bonds is 1. The standard InChI is InChI=1S/C11H13N3/c1-9-10(7-12-8-13-9)11-5-3-4-6-14(11)2/h3-8,11H,1-2H3. The lowest BCUT2D eigenvalue weighted by Crippen LogP contribution is -2.20. The molecule has 72 valence electrons. The fourth-order valence-electron chi connectivity index (χ4n) is 1.60. The molecule has 0 saturated heterocycles. The third-order valence-electron chi connectivity index (χ3n) is 2.43. The van der Waals surface area contributed by atoms with E-state index in [1.807, 2.05) is 19.2 Å². The van der Waals surface area contributed by atoms with Crippen LogP contribution in [0.4, 0.5) is 0 Å². The first kappa shape index (κ1) is 8.94. The van der Waals surface area contributed by atoms with E-state index >= 15 is 0 Å². The molecule has 3 heteroatoms. The van der Waals surface area contributed by atoms with Crippen LogP contribution in [0.3, 0.4) is 0 Å². The Morgan fingerprint density at radius 2 is 2.21 bits per heavy atom. The van der Waals surface area contributed by atoms with Gasteiger partial charge in [0.25, 0.3) is 0 Å². The van der Waals surface area contributed by atoms with Crippen LogP contribution >= 0.6 is 0 Å². The van der Waals surface area contributed by atoms with Gasteiger partial charge in [0.05, 0.1) is 6.04 Å². The zero-order valence-corrected chi connectivity index (χ0v) is 8.38. The lowest BCUT2D eigenvalue weighted by Gasteiger charge is -2.26. The summed E-state index contributed by atoms with van der Waals surface area (Å²) in [4.78, 5) is 10.4. The van der Waals surface area contributed by atoms with Gasteiger partial charge in [0.1, 0.15) is 6.33 Å². The SMILES string of the molecule is Cc1ncncc1C1C=CC=CN1C. The summed E-state index contributed by atoms with van der Waals surface area (Å²) in [6.45, 7) is 2.01. The van der Waals surface area contributed by atoms with Crippen molar-refractivity contribution >= 4 is 0 Å². The van der Waals surface area contributed by atoms with Gasteiger partial charge >= 0.3 is 0 Å². The summed E-state index contributed by atoms with van der Waals surface area (Å²) in [5.74, 6) is 0. The average Bonchev–Trinajstić information content (AvgIpc) is 2.20. The second-order valence-corrected chi connectivity index (χ2v) is 3.40. The summed E-state index contributed by atoms with van der Waals surface area (Å²) in [5.41, 5.74) is 2.20. The van der Waals surface area contributed by atoms with E-state index in [1.54, 1.807) is 6.33 Å². The number of nitrogens with zero attached hydrogens (tertiary/aromatic N) is 3. The van der Waals surface area contributed by atoms with E-state index in [4.69, 9.17) is 0 Å². The molecule has 0 saturated carbocycles. The summed E-state index contributed by atoms with van der Waals surface area (Å²) in [5, 5.41) is 0. The predicted molar refractivity (Wildman–Crippen MR) is 55.6 cm³/mol. The van der Waals surface area contributed by atoms with Crippen LogP contribution in [-0.4, -0.2) is 21.9 Å². The zero-order valence-electron chi connectivity index (χ0n) is 8.38. The molecule has 0 N–H and O–H groups in total. The second-order valence-electron chi connectivity index (χ2n) is 3.40. The molecule has 1 aliphatic heterocycles. The molecule has 1 aromatic heterocycles. The highest BCUT2D eigenvalue weighted by atomic mass is 15.1. The number of allylic oxidation sites excluding steroid dienone is 2. The van der Waals surface area contributed by atoms with E-state index in [2.05, 4.69) is 40.3 Å². The number of aromatic nitrogens is 2. The maximum Gasteiger partial charge on any atom is 0.115 e. The van der Waals surface area contributed by atoms with Crippen LogP contribution in [0.1, 0.15) is 17.3 Å². The molecule has 3 nitrogen and oxygen atoms in total. The van der Waals surface area contributed by atoms with E-state index in [0.717, 1.165) is 11.3 Å². The second kappa shape index (κ2) is 3.62. The summed E-state index contributed by atoms with van der Waals surface area (Å²) in [6, 6.07) is 0.265. The van der Waals surface area contributed by atoms with Crippen molar-refractivity contribution in [1.29, 1.82) is 0 Å². The molecule has 2 rings (SSSR count). The van der Waals surface area contributed by atoms with Gasteiger partial charge in [0.2, 0.25) is 0 Å². The molecule has 14 heavy (non-hydrogen) atoms. The van der Waals surface area contributed by atoms with Crippen molar-refractivity contribution in [2.45, 2.75) is 13.0 Å². The minimum absolute atomic E-state index is 0.265. The van der Waals surface area contributed by atoms with E-state index in [9.17, 15) is 0 Å². The van der Waals surface area contributed by atoms with E-state index in [-0.39, 0.29) is 6.04 Å². The quantitative estimate of drug-likeness (QED) is 0.671. The van der Waals surface area contributed by atoms with Crippen molar-refractivity contribution in [2.24, 2.45) is 0 Å². The first-order valence-corrected chi connectivity index (χ1v) is 4.62. The van der Waals surface area contributed by atoms with Gasteiger partial charge in [-0.3, -0.25) is 0 Å².